The fourth-order valence-corrected chi connectivity index (χ4v) is 9.76. The zero-order chi connectivity index (χ0) is 50.8. The van der Waals surface area contributed by atoms with E-state index in [9.17, 15) is 33.6 Å². The van der Waals surface area contributed by atoms with E-state index in [2.05, 4.69) is 76.9 Å². The minimum Gasteiger partial charge on any atom is -0.403 e. The Balaban J connectivity index is 1.12. The highest BCUT2D eigenvalue weighted by Crippen LogP contribution is 2.65. The summed E-state index contributed by atoms with van der Waals surface area (Å²) in [6.45, 7) is 14.0. The summed E-state index contributed by atoms with van der Waals surface area (Å²) in [6.07, 6.45) is 3.62. The van der Waals surface area contributed by atoms with Crippen LogP contribution >= 0.6 is 0 Å². The molecule has 69 heavy (non-hydrogen) atoms. The van der Waals surface area contributed by atoms with Crippen LogP contribution in [0.5, 0.6) is 0 Å². The van der Waals surface area contributed by atoms with Crippen molar-refractivity contribution in [3.05, 3.63) is 59.7 Å². The van der Waals surface area contributed by atoms with Crippen molar-refractivity contribution in [2.45, 2.75) is 155 Å². The van der Waals surface area contributed by atoms with Crippen molar-refractivity contribution in [2.75, 3.05) is 13.1 Å². The van der Waals surface area contributed by atoms with Crippen LogP contribution in [0.2, 0.25) is 0 Å². The van der Waals surface area contributed by atoms with Crippen molar-refractivity contribution in [1.82, 2.24) is 31.9 Å². The van der Waals surface area contributed by atoms with Crippen LogP contribution in [0, 0.1) is 22.7 Å². The van der Waals surface area contributed by atoms with Gasteiger partial charge in [-0.2, -0.15) is 0 Å². The molecule has 19 nitrogen and oxygen atoms in total. The summed E-state index contributed by atoms with van der Waals surface area (Å²) in [5, 5.41) is 15.5. The highest BCUT2D eigenvalue weighted by molar-refractivity contribution is 6.47. The number of unbranched alkanes of at least 4 members (excludes halogenated alkanes) is 2. The van der Waals surface area contributed by atoms with E-state index in [1.54, 1.807) is 32.9 Å². The van der Waals surface area contributed by atoms with Gasteiger partial charge in [-0.05, 0) is 110 Å². The number of carbonyl (C=O) groups is 7. The van der Waals surface area contributed by atoms with Gasteiger partial charge in [0.05, 0.1) is 18.1 Å². The van der Waals surface area contributed by atoms with Crippen molar-refractivity contribution in [1.29, 1.82) is 0 Å². The van der Waals surface area contributed by atoms with Gasteiger partial charge in [-0.25, -0.2) is 0 Å². The molecule has 9 atom stereocenters. The van der Waals surface area contributed by atoms with Crippen molar-refractivity contribution in [3.8, 4) is 11.1 Å². The lowest BCUT2D eigenvalue weighted by Crippen LogP contribution is -2.65. The second-order valence-electron chi connectivity index (χ2n) is 20.7. The zero-order valence-corrected chi connectivity index (χ0v) is 41.3. The molecule has 0 radical (unpaired) electrons. The van der Waals surface area contributed by atoms with E-state index in [0.29, 0.717) is 30.9 Å². The smallest absolute Gasteiger partial charge is 0.403 e. The molecule has 4 aliphatic rings. The van der Waals surface area contributed by atoms with Crippen LogP contribution in [-0.2, 0) is 44.5 Å². The molecule has 0 aromatic heterocycles. The molecule has 6 rings (SSSR count). The van der Waals surface area contributed by atoms with Crippen LogP contribution in [0.15, 0.2) is 48.5 Å². The molecule has 1 heterocycles. The summed E-state index contributed by atoms with van der Waals surface area (Å²) in [6, 6.07) is 10.5. The Kier molecular flexibility index (Phi) is 18.5. The molecule has 2 bridgehead atoms. The van der Waals surface area contributed by atoms with Crippen LogP contribution in [0.25, 0.3) is 11.1 Å². The third-order valence-corrected chi connectivity index (χ3v) is 14.1. The highest BCUT2D eigenvalue weighted by Gasteiger charge is 2.68. The number of carbonyl (C=O) groups excluding carboxylic acids is 7. The standard InChI is InChI=1S/C49H75BN10O9/c1-8-9-12-28-14-16-29(17-15-28)30-18-20-31(21-19-30)41(63)55-24-22-38(62)56-33(13-10-11-23-51)42(64)58-39(47(2,3)4)44(66)59-40(53)45(67)57-34(27-37(52)61)43(65)60-46(54)50-68-36-26-32-25-35(48(32,5)6)49(36,7)69-50/h14-21,32-36,39-40,46H,8-13,22-27,51,53-54H2,1-7H3,(H2,52,61)(H,55,63)(H,56,62)(H,57,67)(H,58,64)(H,59,66)(H,60,65)/t32-,33-,34?,35-,36?,39+,40+,46+,49-/m0/s1. The Labute approximate surface area is 406 Å². The molecule has 20 heteroatoms. The number of nitrogens with two attached hydrogens (primary N) is 4. The van der Waals surface area contributed by atoms with E-state index >= 15 is 0 Å². The van der Waals surface area contributed by atoms with Gasteiger partial charge in [0.2, 0.25) is 29.5 Å². The van der Waals surface area contributed by atoms with E-state index < -0.39 is 90.4 Å². The molecule has 3 aliphatic carbocycles. The van der Waals surface area contributed by atoms with Crippen molar-refractivity contribution in [2.24, 2.45) is 45.6 Å². The van der Waals surface area contributed by atoms with E-state index in [-0.39, 0.29) is 42.7 Å². The number of nitrogens with one attached hydrogen (secondary N) is 6. The Morgan fingerprint density at radius 3 is 2.01 bits per heavy atom. The average molecular weight is 959 g/mol. The summed E-state index contributed by atoms with van der Waals surface area (Å²) >= 11 is 0. The molecule has 1 saturated heterocycles. The SMILES string of the molecule is CCCCc1ccc(-c2ccc(C(=O)NCCC(=O)N[C@@H](CCCCN)C(=O)N[C@H](C(=O)N[C@@H](N)C(=O)NC(CC(N)=O)C(=O)N[C@@H](N)B3OC4C[C@@H]5C[C@@H](C5(C)C)[C@]4(C)O3)C(C)(C)C)cc2)cc1. The first-order valence-electron chi connectivity index (χ1n) is 24.3. The van der Waals surface area contributed by atoms with E-state index in [1.807, 2.05) is 19.1 Å². The number of hydrogen-bond acceptors (Lipinski definition) is 12. The van der Waals surface area contributed by atoms with Crippen LogP contribution in [0.1, 0.15) is 122 Å². The molecule has 2 unspecified atom stereocenters. The monoisotopic (exact) mass is 959 g/mol. The Morgan fingerprint density at radius 1 is 0.783 bits per heavy atom. The van der Waals surface area contributed by atoms with Gasteiger partial charge < -0.3 is 64.1 Å². The second kappa shape index (κ2) is 23.5. The molecular weight excluding hydrogens is 883 g/mol. The first-order chi connectivity index (χ1) is 32.5. The lowest BCUT2D eigenvalue weighted by molar-refractivity contribution is -0.199. The average Bonchev–Trinajstić information content (AvgIpc) is 3.66. The van der Waals surface area contributed by atoms with Gasteiger partial charge in [-0.1, -0.05) is 84.4 Å². The molecular formula is C49H75BN10O9. The predicted molar refractivity (Wildman–Crippen MR) is 262 cm³/mol. The molecule has 3 saturated carbocycles. The Morgan fingerprint density at radius 2 is 1.42 bits per heavy atom. The van der Waals surface area contributed by atoms with E-state index in [4.69, 9.17) is 32.2 Å². The summed E-state index contributed by atoms with van der Waals surface area (Å²) in [5.41, 5.74) is 25.9. The van der Waals surface area contributed by atoms with E-state index in [0.717, 1.165) is 43.2 Å². The summed E-state index contributed by atoms with van der Waals surface area (Å²) in [5.74, 6) is -4.47. The van der Waals surface area contributed by atoms with Crippen molar-refractivity contribution >= 4 is 48.5 Å². The van der Waals surface area contributed by atoms with Gasteiger partial charge in [0.15, 0.2) is 6.17 Å². The van der Waals surface area contributed by atoms with Crippen LogP contribution in [-0.4, -0.2) is 104 Å². The maximum absolute atomic E-state index is 13.8. The molecule has 14 N–H and O–H groups in total. The lowest BCUT2D eigenvalue weighted by atomic mass is 9.43. The van der Waals surface area contributed by atoms with Gasteiger partial charge in [0.1, 0.15) is 24.2 Å². The Hall–Kier alpha value is -5.41. The topological polar surface area (TPSA) is 314 Å². The molecule has 4 fully saturated rings. The van der Waals surface area contributed by atoms with Crippen molar-refractivity contribution < 1.29 is 42.9 Å². The third-order valence-electron chi connectivity index (χ3n) is 14.1. The number of rotatable bonds is 24. The number of hydrogen-bond donors (Lipinski definition) is 10. The quantitative estimate of drug-likeness (QED) is 0.0406. The van der Waals surface area contributed by atoms with Gasteiger partial charge in [-0.15, -0.1) is 0 Å². The molecule has 2 aromatic rings. The normalized spacial score (nSPS) is 22.3. The van der Waals surface area contributed by atoms with Gasteiger partial charge in [0, 0.05) is 18.5 Å². The molecule has 2 aromatic carbocycles. The maximum atomic E-state index is 13.8. The lowest BCUT2D eigenvalue weighted by Gasteiger charge is -2.64. The van der Waals surface area contributed by atoms with E-state index in [1.165, 1.54) is 5.56 Å². The molecule has 7 amide bonds. The largest absolute Gasteiger partial charge is 0.497 e. The van der Waals surface area contributed by atoms with Crippen LogP contribution in [0.4, 0.5) is 0 Å². The first-order valence-corrected chi connectivity index (χ1v) is 24.3. The third kappa shape index (κ3) is 13.9. The molecule has 1 aliphatic heterocycles. The minimum atomic E-state index is -1.75. The highest BCUT2D eigenvalue weighted by atomic mass is 16.7. The number of aryl methyl sites for hydroxylation is 1. The predicted octanol–water partition coefficient (Wildman–Crippen LogP) is 1.39. The fourth-order valence-electron chi connectivity index (χ4n) is 9.76. The van der Waals surface area contributed by atoms with Gasteiger partial charge >= 0.3 is 7.12 Å². The molecule has 378 valence electrons. The second-order valence-corrected chi connectivity index (χ2v) is 20.7. The summed E-state index contributed by atoms with van der Waals surface area (Å²) in [4.78, 5) is 92.6. The van der Waals surface area contributed by atoms with Crippen LogP contribution < -0.4 is 54.8 Å². The van der Waals surface area contributed by atoms with Gasteiger partial charge in [0.25, 0.3) is 11.8 Å². The molecule has 0 spiro atoms. The number of benzene rings is 2. The summed E-state index contributed by atoms with van der Waals surface area (Å²) in [7, 11) is -0.990. The van der Waals surface area contributed by atoms with Crippen LogP contribution in [0.3, 0.4) is 0 Å². The zero-order valence-electron chi connectivity index (χ0n) is 41.3. The Bertz CT molecular complexity index is 2150. The fraction of sp³-hybridized carbons (Fsp3) is 0.612. The van der Waals surface area contributed by atoms with Crippen molar-refractivity contribution in [3.63, 3.8) is 0 Å². The number of amides is 7. The minimum absolute atomic E-state index is 0.00683. The maximum Gasteiger partial charge on any atom is 0.497 e. The van der Waals surface area contributed by atoms with Gasteiger partial charge in [-0.3, -0.25) is 33.6 Å². The first kappa shape index (κ1) is 54.5. The summed E-state index contributed by atoms with van der Waals surface area (Å²) < 4.78 is 12.5. The number of primary amides is 1.